The second kappa shape index (κ2) is 12.5. The number of anilines is 3. The SMILES string of the molecule is CCc1nc2c(N)ncc(-c3ccc(N4CCC(N5CCN(C)CC5)CC4)c(OC(F)(F)F)c3)c2nc1NC1CCC(O)C1. The minimum absolute atomic E-state index is 0.0520. The van der Waals surface area contributed by atoms with Crippen molar-refractivity contribution in [1.82, 2.24) is 24.8 Å². The molecule has 4 N–H and O–H groups in total. The van der Waals surface area contributed by atoms with Crippen LogP contribution < -0.4 is 20.7 Å². The molecule has 0 spiro atoms. The number of nitrogens with two attached hydrogens (primary N) is 1. The molecule has 0 bridgehead atoms. The average molecular weight is 615 g/mol. The van der Waals surface area contributed by atoms with Crippen LogP contribution in [-0.4, -0.2) is 101 Å². The smallest absolute Gasteiger partial charge is 0.404 e. The van der Waals surface area contributed by atoms with Gasteiger partial charge in [0.2, 0.25) is 0 Å². The summed E-state index contributed by atoms with van der Waals surface area (Å²) < 4.78 is 45.7. The number of halogens is 3. The number of nitrogen functional groups attached to an aromatic ring is 1. The molecule has 2 aliphatic heterocycles. The summed E-state index contributed by atoms with van der Waals surface area (Å²) in [6.45, 7) is 7.36. The first kappa shape index (κ1) is 30.6. The molecule has 0 radical (unpaired) electrons. The third kappa shape index (κ3) is 6.64. The van der Waals surface area contributed by atoms with Gasteiger partial charge in [0.1, 0.15) is 16.9 Å². The molecule has 2 unspecified atom stereocenters. The van der Waals surface area contributed by atoms with Crippen molar-refractivity contribution in [2.24, 2.45) is 0 Å². The Morgan fingerprint density at radius 2 is 1.77 bits per heavy atom. The zero-order chi connectivity index (χ0) is 31.0. The molecule has 238 valence electrons. The van der Waals surface area contributed by atoms with Crippen LogP contribution in [0, 0.1) is 0 Å². The molecule has 3 aromatic rings. The number of likely N-dealkylation sites (N-methyl/N-ethyl adjacent to an activating group) is 1. The van der Waals surface area contributed by atoms with Gasteiger partial charge in [-0.05, 0) is 63.3 Å². The summed E-state index contributed by atoms with van der Waals surface area (Å²) in [4.78, 5) is 20.8. The van der Waals surface area contributed by atoms with Gasteiger partial charge < -0.3 is 30.7 Å². The first-order chi connectivity index (χ1) is 21.1. The molecule has 2 aromatic heterocycles. The van der Waals surface area contributed by atoms with E-state index in [0.29, 0.717) is 77.8 Å². The summed E-state index contributed by atoms with van der Waals surface area (Å²) in [7, 11) is 2.13. The lowest BCUT2D eigenvalue weighted by Crippen LogP contribution is -2.52. The van der Waals surface area contributed by atoms with Gasteiger partial charge in [-0.1, -0.05) is 13.0 Å². The summed E-state index contributed by atoms with van der Waals surface area (Å²) in [5.41, 5.74) is 9.14. The van der Waals surface area contributed by atoms with Crippen LogP contribution in [0.25, 0.3) is 22.2 Å². The largest absolute Gasteiger partial charge is 0.573 e. The molecule has 6 rings (SSSR count). The zero-order valence-electron chi connectivity index (χ0n) is 25.3. The highest BCUT2D eigenvalue weighted by molar-refractivity contribution is 5.97. The molecule has 10 nitrogen and oxygen atoms in total. The predicted octanol–water partition coefficient (Wildman–Crippen LogP) is 4.28. The number of nitrogens with one attached hydrogen (secondary N) is 1. The molecule has 3 aliphatic rings. The Kier molecular flexibility index (Phi) is 8.71. The van der Waals surface area contributed by atoms with Gasteiger partial charge in [0.15, 0.2) is 11.6 Å². The number of ether oxygens (including phenoxy) is 1. The number of fused-ring (bicyclic) bond motifs is 1. The quantitative estimate of drug-likeness (QED) is 0.356. The number of pyridine rings is 1. The zero-order valence-corrected chi connectivity index (χ0v) is 25.3. The number of alkyl halides is 3. The molecular weight excluding hydrogens is 573 g/mol. The molecule has 1 aromatic carbocycles. The van der Waals surface area contributed by atoms with E-state index >= 15 is 0 Å². The summed E-state index contributed by atoms with van der Waals surface area (Å²) in [6.07, 6.45) is 0.796. The first-order valence-corrected chi connectivity index (χ1v) is 15.6. The minimum atomic E-state index is -4.86. The maximum atomic E-state index is 13.7. The van der Waals surface area contributed by atoms with Crippen molar-refractivity contribution in [2.45, 2.75) is 70.0 Å². The van der Waals surface area contributed by atoms with E-state index in [1.54, 1.807) is 12.1 Å². The Morgan fingerprint density at radius 1 is 1.02 bits per heavy atom. The number of aromatic nitrogens is 3. The number of piperidine rings is 1. The van der Waals surface area contributed by atoms with Gasteiger partial charge in [-0.25, -0.2) is 15.0 Å². The Balaban J connectivity index is 1.31. The highest BCUT2D eigenvalue weighted by atomic mass is 19.4. The topological polar surface area (TPSA) is 116 Å². The molecule has 1 aliphatic carbocycles. The number of hydrogen-bond donors (Lipinski definition) is 3. The van der Waals surface area contributed by atoms with Crippen LogP contribution in [0.5, 0.6) is 5.75 Å². The van der Waals surface area contributed by atoms with Crippen molar-refractivity contribution in [3.8, 4) is 16.9 Å². The van der Waals surface area contributed by atoms with Gasteiger partial charge in [0.25, 0.3) is 0 Å². The minimum Gasteiger partial charge on any atom is -0.404 e. The maximum absolute atomic E-state index is 13.7. The Labute approximate surface area is 255 Å². The number of rotatable bonds is 7. The highest BCUT2D eigenvalue weighted by Crippen LogP contribution is 2.40. The van der Waals surface area contributed by atoms with Crippen molar-refractivity contribution >= 4 is 28.4 Å². The lowest BCUT2D eigenvalue weighted by atomic mass is 10.00. The number of benzene rings is 1. The van der Waals surface area contributed by atoms with Crippen molar-refractivity contribution in [3.05, 3.63) is 30.1 Å². The molecule has 2 atom stereocenters. The van der Waals surface area contributed by atoms with Crippen LogP contribution in [0.2, 0.25) is 0 Å². The average Bonchev–Trinajstić information content (AvgIpc) is 3.41. The van der Waals surface area contributed by atoms with E-state index in [0.717, 1.165) is 45.4 Å². The second-order valence-corrected chi connectivity index (χ2v) is 12.2. The standard InChI is InChI=1S/C31H41F3N8O2/c1-3-24-30(37-20-5-6-22(43)17-20)39-27-23(18-36-29(35)28(27)38-24)19-4-7-25(26(16-19)44-31(32,33)34)42-10-8-21(9-11-42)41-14-12-40(2)13-15-41/h4,7,16,18,20-22,43H,3,5-6,8-15,17H2,1-2H3,(H2,35,36)(H,37,39). The first-order valence-electron chi connectivity index (χ1n) is 15.6. The van der Waals surface area contributed by atoms with E-state index in [9.17, 15) is 18.3 Å². The predicted molar refractivity (Wildman–Crippen MR) is 165 cm³/mol. The summed E-state index contributed by atoms with van der Waals surface area (Å²) in [5, 5.41) is 13.4. The van der Waals surface area contributed by atoms with Gasteiger partial charge >= 0.3 is 6.36 Å². The molecule has 2 saturated heterocycles. The number of nitrogens with zero attached hydrogens (tertiary/aromatic N) is 6. The summed E-state index contributed by atoms with van der Waals surface area (Å²) in [6, 6.07) is 5.38. The van der Waals surface area contributed by atoms with E-state index in [1.807, 2.05) is 11.8 Å². The molecule has 13 heteroatoms. The van der Waals surface area contributed by atoms with E-state index < -0.39 is 6.36 Å². The Hall–Kier alpha value is -3.42. The van der Waals surface area contributed by atoms with E-state index in [4.69, 9.17) is 15.7 Å². The second-order valence-electron chi connectivity index (χ2n) is 12.2. The van der Waals surface area contributed by atoms with Crippen molar-refractivity contribution < 1.29 is 23.0 Å². The summed E-state index contributed by atoms with van der Waals surface area (Å²) in [5.74, 6) is 0.521. The number of aryl methyl sites for hydroxylation is 1. The van der Waals surface area contributed by atoms with Crippen LogP contribution >= 0.6 is 0 Å². The maximum Gasteiger partial charge on any atom is 0.573 e. The fourth-order valence-electron chi connectivity index (χ4n) is 6.76. The van der Waals surface area contributed by atoms with Crippen molar-refractivity contribution in [3.63, 3.8) is 0 Å². The van der Waals surface area contributed by atoms with Crippen molar-refractivity contribution in [1.29, 1.82) is 0 Å². The molecular formula is C31H41F3N8O2. The van der Waals surface area contributed by atoms with Crippen LogP contribution in [0.3, 0.4) is 0 Å². The molecule has 44 heavy (non-hydrogen) atoms. The lowest BCUT2D eigenvalue weighted by molar-refractivity contribution is -0.274. The number of piperazine rings is 1. The van der Waals surface area contributed by atoms with Gasteiger partial charge in [0, 0.05) is 63.1 Å². The van der Waals surface area contributed by atoms with E-state index in [2.05, 4.69) is 31.9 Å². The van der Waals surface area contributed by atoms with Gasteiger partial charge in [-0.2, -0.15) is 0 Å². The van der Waals surface area contributed by atoms with Gasteiger partial charge in [-0.3, -0.25) is 4.90 Å². The van der Waals surface area contributed by atoms with Gasteiger partial charge in [-0.15, -0.1) is 13.2 Å². The molecule has 4 heterocycles. The van der Waals surface area contributed by atoms with E-state index in [-0.39, 0.29) is 23.7 Å². The number of hydrogen-bond acceptors (Lipinski definition) is 10. The molecule has 0 amide bonds. The van der Waals surface area contributed by atoms with E-state index in [1.165, 1.54) is 12.3 Å². The molecule has 1 saturated carbocycles. The summed E-state index contributed by atoms with van der Waals surface area (Å²) >= 11 is 0. The van der Waals surface area contributed by atoms with Crippen LogP contribution in [0.1, 0.15) is 44.7 Å². The highest BCUT2D eigenvalue weighted by Gasteiger charge is 2.34. The fourth-order valence-corrected chi connectivity index (χ4v) is 6.76. The third-order valence-corrected chi connectivity index (χ3v) is 9.24. The Bertz CT molecular complexity index is 1470. The van der Waals surface area contributed by atoms with Crippen LogP contribution in [0.15, 0.2) is 24.4 Å². The van der Waals surface area contributed by atoms with Crippen LogP contribution in [-0.2, 0) is 6.42 Å². The van der Waals surface area contributed by atoms with Crippen LogP contribution in [0.4, 0.5) is 30.5 Å². The fraction of sp³-hybridized carbons (Fsp3) is 0.581. The monoisotopic (exact) mass is 614 g/mol. The number of aliphatic hydroxyl groups excluding tert-OH is 1. The Morgan fingerprint density at radius 3 is 2.43 bits per heavy atom. The number of aliphatic hydroxyl groups is 1. The van der Waals surface area contributed by atoms with Gasteiger partial charge in [0.05, 0.1) is 17.5 Å². The normalized spacial score (nSPS) is 22.5. The van der Waals surface area contributed by atoms with Crippen molar-refractivity contribution in [2.75, 3.05) is 62.3 Å². The third-order valence-electron chi connectivity index (χ3n) is 9.24. The molecule has 3 fully saturated rings. The lowest BCUT2D eigenvalue weighted by Gasteiger charge is -2.42.